The summed E-state index contributed by atoms with van der Waals surface area (Å²) in [6.45, 7) is -0.0979. The van der Waals surface area contributed by atoms with Crippen LogP contribution in [0.1, 0.15) is 56.3 Å². The average molecular weight is 1120 g/mol. The van der Waals surface area contributed by atoms with Crippen LogP contribution in [0, 0.1) is 0 Å². The van der Waals surface area contributed by atoms with E-state index in [0.717, 1.165) is 44.5 Å². The van der Waals surface area contributed by atoms with E-state index in [1.807, 2.05) is 206 Å². The lowest BCUT2D eigenvalue weighted by molar-refractivity contribution is -0.154. The second-order valence-corrected chi connectivity index (χ2v) is 21.3. The van der Waals surface area contributed by atoms with Gasteiger partial charge in [-0.1, -0.05) is 248 Å². The number of aromatic nitrogens is 2. The first-order valence-corrected chi connectivity index (χ1v) is 28.5. The Labute approximate surface area is 481 Å². The van der Waals surface area contributed by atoms with Crippen LogP contribution in [0.2, 0.25) is 0 Å². The smallest absolute Gasteiger partial charge is 0.356 e. The zero-order valence-corrected chi connectivity index (χ0v) is 45.6. The molecule has 2 aromatic heterocycles. The van der Waals surface area contributed by atoms with Gasteiger partial charge in [0.25, 0.3) is 17.7 Å². The zero-order chi connectivity index (χ0) is 55.7. The predicted molar refractivity (Wildman–Crippen MR) is 317 cm³/mol. The van der Waals surface area contributed by atoms with Crippen molar-refractivity contribution in [2.75, 3.05) is 17.7 Å². The summed E-state index contributed by atoms with van der Waals surface area (Å²) in [7, 11) is 0. The molecular formula is C67H52N6O7S2. The number of oxime groups is 1. The fraction of sp³-hybridized carbons (Fsp3) is 0.104. The van der Waals surface area contributed by atoms with Gasteiger partial charge < -0.3 is 29.5 Å². The highest BCUT2D eigenvalue weighted by molar-refractivity contribution is 8.00. The maximum absolute atomic E-state index is 15.5. The summed E-state index contributed by atoms with van der Waals surface area (Å²) in [5.74, 6) is -1.57. The molecule has 12 rings (SSSR count). The summed E-state index contributed by atoms with van der Waals surface area (Å²) in [5, 5.41) is 17.1. The van der Waals surface area contributed by atoms with Crippen molar-refractivity contribution in [2.45, 2.75) is 28.7 Å². The lowest BCUT2D eigenvalue weighted by Gasteiger charge is -2.49. The topological polar surface area (TPSA) is 157 Å². The fourth-order valence-electron chi connectivity index (χ4n) is 10.6. The molecule has 2 aliphatic rings. The number of thiazole rings is 1. The minimum atomic E-state index is -1.39. The molecule has 404 valence electrons. The highest BCUT2D eigenvalue weighted by Crippen LogP contribution is 2.45. The van der Waals surface area contributed by atoms with Gasteiger partial charge in [0.1, 0.15) is 41.2 Å². The molecule has 0 radical (unpaired) electrons. The minimum Gasteiger partial charge on any atom is -0.471 e. The van der Waals surface area contributed by atoms with Crippen molar-refractivity contribution in [3.8, 4) is 5.88 Å². The maximum Gasteiger partial charge on any atom is 0.356 e. The van der Waals surface area contributed by atoms with E-state index in [4.69, 9.17) is 29.0 Å². The van der Waals surface area contributed by atoms with Crippen LogP contribution >= 0.6 is 23.1 Å². The van der Waals surface area contributed by atoms with Crippen molar-refractivity contribution in [1.82, 2.24) is 20.4 Å². The largest absolute Gasteiger partial charge is 0.471 e. The van der Waals surface area contributed by atoms with Crippen molar-refractivity contribution in [3.63, 3.8) is 0 Å². The summed E-state index contributed by atoms with van der Waals surface area (Å²) >= 11 is 2.67. The molecule has 0 saturated carbocycles. The first-order valence-electron chi connectivity index (χ1n) is 26.6. The monoisotopic (exact) mass is 1120 g/mol. The van der Waals surface area contributed by atoms with Gasteiger partial charge in [0, 0.05) is 39.5 Å². The van der Waals surface area contributed by atoms with Crippen molar-refractivity contribution in [2.24, 2.45) is 5.16 Å². The van der Waals surface area contributed by atoms with Gasteiger partial charge in [0.15, 0.2) is 16.9 Å². The summed E-state index contributed by atoms with van der Waals surface area (Å²) < 4.78 is 17.4. The third-order valence-corrected chi connectivity index (χ3v) is 16.6. The van der Waals surface area contributed by atoms with Crippen molar-refractivity contribution in [1.29, 1.82) is 0 Å². The molecule has 0 aliphatic carbocycles. The molecule has 10 aromatic rings. The van der Waals surface area contributed by atoms with E-state index in [0.29, 0.717) is 10.7 Å². The van der Waals surface area contributed by atoms with Crippen LogP contribution in [-0.2, 0) is 35.1 Å². The number of nitrogens with zero attached hydrogens (tertiary/aromatic N) is 4. The average Bonchev–Trinajstić information content (AvgIpc) is 4.03. The number of anilines is 1. The lowest BCUT2D eigenvalue weighted by atomic mass is 9.77. The molecule has 13 nitrogen and oxygen atoms in total. The third-order valence-electron chi connectivity index (χ3n) is 14.5. The van der Waals surface area contributed by atoms with E-state index in [1.54, 1.807) is 11.4 Å². The molecule has 2 N–H and O–H groups in total. The molecule has 1 fully saturated rings. The van der Waals surface area contributed by atoms with Gasteiger partial charge in [-0.05, 0) is 33.0 Å². The summed E-state index contributed by atoms with van der Waals surface area (Å²) in [4.78, 5) is 58.9. The summed E-state index contributed by atoms with van der Waals surface area (Å²) in [6, 6.07) is 78.8. The van der Waals surface area contributed by atoms with Crippen LogP contribution in [0.5, 0.6) is 5.88 Å². The number of β-lactam (4-membered cyclic amide) rings is 1. The molecule has 1 saturated heterocycles. The first kappa shape index (κ1) is 52.8. The highest BCUT2D eigenvalue weighted by Gasteiger charge is 2.55. The second-order valence-electron chi connectivity index (χ2n) is 19.4. The van der Waals surface area contributed by atoms with E-state index in [-0.39, 0.29) is 35.3 Å². The normalized spacial score (nSPS) is 15.3. The highest BCUT2D eigenvalue weighted by atomic mass is 32.2. The minimum absolute atomic E-state index is 0.0177. The second kappa shape index (κ2) is 23.9. The molecule has 0 spiro atoms. The number of hydrogen-bond donors (Lipinski definition) is 2. The summed E-state index contributed by atoms with van der Waals surface area (Å²) in [5.41, 5.74) is 4.72. The maximum atomic E-state index is 15.5. The van der Waals surface area contributed by atoms with E-state index in [9.17, 15) is 9.59 Å². The van der Waals surface area contributed by atoms with Crippen LogP contribution in [0.25, 0.3) is 0 Å². The third kappa shape index (κ3) is 10.5. The van der Waals surface area contributed by atoms with Crippen molar-refractivity contribution >= 4 is 51.7 Å². The lowest BCUT2D eigenvalue weighted by Crippen LogP contribution is -2.71. The number of hydrogen-bond acceptors (Lipinski definition) is 13. The van der Waals surface area contributed by atoms with Gasteiger partial charge in [0.2, 0.25) is 5.60 Å². The molecule has 0 bridgehead atoms. The molecule has 82 heavy (non-hydrogen) atoms. The first-order chi connectivity index (χ1) is 40.4. The van der Waals surface area contributed by atoms with Crippen LogP contribution in [0.4, 0.5) is 5.13 Å². The molecular weight excluding hydrogens is 1060 g/mol. The molecule has 2 amide bonds. The Morgan fingerprint density at radius 3 is 1.56 bits per heavy atom. The van der Waals surface area contributed by atoms with Crippen molar-refractivity contribution < 1.29 is 33.2 Å². The number of ether oxygens (including phenoxy) is 2. The van der Waals surface area contributed by atoms with Gasteiger partial charge in [0.05, 0.1) is 0 Å². The Balaban J connectivity index is 0.932. The van der Waals surface area contributed by atoms with Gasteiger partial charge in [-0.2, -0.15) is 0 Å². The number of amides is 2. The van der Waals surface area contributed by atoms with Gasteiger partial charge >= 0.3 is 5.97 Å². The number of carbonyl (C=O) groups is 3. The molecule has 1 unspecified atom stereocenters. The Kier molecular flexibility index (Phi) is 15.4. The van der Waals surface area contributed by atoms with E-state index < -0.39 is 46.4 Å². The van der Waals surface area contributed by atoms with Crippen LogP contribution < -0.4 is 15.4 Å². The van der Waals surface area contributed by atoms with E-state index >= 15 is 4.79 Å². The summed E-state index contributed by atoms with van der Waals surface area (Å²) in [6.07, 6.45) is 0.564. The van der Waals surface area contributed by atoms with Crippen LogP contribution in [0.15, 0.2) is 281 Å². The Morgan fingerprint density at radius 1 is 0.634 bits per heavy atom. The van der Waals surface area contributed by atoms with Gasteiger partial charge in [-0.3, -0.25) is 14.5 Å². The molecule has 2 atom stereocenters. The van der Waals surface area contributed by atoms with Gasteiger partial charge in [-0.25, -0.2) is 9.78 Å². The van der Waals surface area contributed by atoms with Gasteiger partial charge in [-0.15, -0.1) is 23.1 Å². The molecule has 15 heteroatoms. The zero-order valence-electron chi connectivity index (χ0n) is 43.9. The number of fused-ring (bicyclic) bond motifs is 1. The van der Waals surface area contributed by atoms with Crippen molar-refractivity contribution in [3.05, 3.63) is 322 Å². The quantitative estimate of drug-likeness (QED) is 0.0246. The standard InChI is InChI=1S/C67H52N6O7S2/c74-61(69-58-62(75)73-59(48(44-81-63(58)73)43-77-56-41-42-78-71-56)64(76)79-60(46-25-9-1-10-26-46)47-27-11-2-12-28-47)57(72-80-67(52-35-19-6-20-36-52,53-37-21-7-22-38-53)54-39-23-8-24-40-54)55-45-82-65(68-55)70-66(49-29-13-3-14-30-49,50-31-15-4-16-32-50)51-33-17-5-18-34-51/h1-42,45,58,60,63H,43-44H2,(H,68,70)(H,69,74)/b72-57-/t58?,63-/m1/s1. The number of carbonyl (C=O) groups excluding carboxylic acids is 3. The Hall–Kier alpha value is -9.83. The predicted octanol–water partition coefficient (Wildman–Crippen LogP) is 12.3. The fourth-order valence-corrected chi connectivity index (χ4v) is 12.6. The Morgan fingerprint density at radius 2 is 1.10 bits per heavy atom. The van der Waals surface area contributed by atoms with Crippen LogP contribution in [-0.4, -0.2) is 62.3 Å². The number of esters is 1. The molecule has 8 aromatic carbocycles. The molecule has 2 aliphatic heterocycles. The number of thioether (sulfide) groups is 1. The SMILES string of the molecule is O=C(OC(c1ccccc1)c1ccccc1)C1=C(COc2ccon2)CS[C@@H]2C(NC(=O)/C(=N\OC(c3ccccc3)(c3ccccc3)c3ccccc3)c3csc(NC(c4ccccc4)(c4ccccc4)c4ccccc4)n3)C(=O)N12. The van der Waals surface area contributed by atoms with E-state index in [1.165, 1.54) is 34.3 Å². The van der Waals surface area contributed by atoms with E-state index in [2.05, 4.69) is 52.2 Å². The number of nitrogens with one attached hydrogen (secondary N) is 2. The number of rotatable bonds is 20. The Bertz CT molecular complexity index is 3610. The number of benzene rings is 8. The molecule has 4 heterocycles. The van der Waals surface area contributed by atoms with Crippen LogP contribution in [0.3, 0.4) is 0 Å².